The normalized spacial score (nSPS) is 17.8. The molecule has 1 aliphatic heterocycles. The fraction of sp³-hybridized carbons (Fsp3) is 0.444. The zero-order valence-electron chi connectivity index (χ0n) is 13.3. The number of aromatic nitrogens is 2. The van der Waals surface area contributed by atoms with Gasteiger partial charge in [0.2, 0.25) is 0 Å². The maximum absolute atomic E-state index is 14.3. The van der Waals surface area contributed by atoms with E-state index >= 15 is 0 Å². The van der Waals surface area contributed by atoms with Crippen LogP contribution in [0.25, 0.3) is 0 Å². The van der Waals surface area contributed by atoms with Crippen molar-refractivity contribution in [1.29, 1.82) is 0 Å². The molecule has 2 aliphatic rings. The average molecular weight is 313 g/mol. The van der Waals surface area contributed by atoms with Crippen LogP contribution in [0.2, 0.25) is 0 Å². The Kier molecular flexibility index (Phi) is 3.73. The minimum atomic E-state index is -0.263. The standard InChI is InChI=1S/C18H20FN3O/c1-23-16-4-2-3-13(17(16)19)10-22-8-7-15-14(11-22)9-20-18(21-15)12-5-6-12/h2-4,9,12H,5-8,10-11H2,1H3. The van der Waals surface area contributed by atoms with Crippen molar-refractivity contribution < 1.29 is 9.13 Å². The van der Waals surface area contributed by atoms with E-state index in [2.05, 4.69) is 9.88 Å². The number of hydrogen-bond donors (Lipinski definition) is 0. The number of nitrogens with zero attached hydrogens (tertiary/aromatic N) is 3. The fourth-order valence-electron chi connectivity index (χ4n) is 3.14. The number of ether oxygens (including phenoxy) is 1. The monoisotopic (exact) mass is 313 g/mol. The van der Waals surface area contributed by atoms with Crippen molar-refractivity contribution in [2.24, 2.45) is 0 Å². The first-order chi connectivity index (χ1) is 11.2. The van der Waals surface area contributed by atoms with Crippen molar-refractivity contribution >= 4 is 0 Å². The molecule has 1 aromatic carbocycles. The lowest BCUT2D eigenvalue weighted by molar-refractivity contribution is 0.238. The third-order valence-corrected chi connectivity index (χ3v) is 4.63. The van der Waals surface area contributed by atoms with Gasteiger partial charge in [-0.2, -0.15) is 0 Å². The number of hydrogen-bond acceptors (Lipinski definition) is 4. The number of halogens is 1. The third kappa shape index (κ3) is 2.93. The largest absolute Gasteiger partial charge is 0.494 e. The molecule has 0 unspecified atom stereocenters. The van der Waals surface area contributed by atoms with E-state index in [0.717, 1.165) is 25.3 Å². The highest BCUT2D eigenvalue weighted by molar-refractivity contribution is 5.31. The second kappa shape index (κ2) is 5.89. The second-order valence-electron chi connectivity index (χ2n) is 6.37. The molecular formula is C18H20FN3O. The summed E-state index contributed by atoms with van der Waals surface area (Å²) in [6, 6.07) is 5.30. The van der Waals surface area contributed by atoms with Gasteiger partial charge in [0.15, 0.2) is 11.6 Å². The Morgan fingerprint density at radius 3 is 3.00 bits per heavy atom. The van der Waals surface area contributed by atoms with E-state index in [9.17, 15) is 4.39 Å². The molecule has 1 aromatic heterocycles. The maximum atomic E-state index is 14.3. The first-order valence-electron chi connectivity index (χ1n) is 8.13. The molecule has 2 aromatic rings. The fourth-order valence-corrected chi connectivity index (χ4v) is 3.14. The van der Waals surface area contributed by atoms with E-state index in [1.807, 2.05) is 18.3 Å². The Balaban J connectivity index is 1.50. The van der Waals surface area contributed by atoms with Gasteiger partial charge in [0, 0.05) is 55.0 Å². The summed E-state index contributed by atoms with van der Waals surface area (Å²) in [7, 11) is 1.49. The summed E-state index contributed by atoms with van der Waals surface area (Å²) in [5.74, 6) is 1.64. The summed E-state index contributed by atoms with van der Waals surface area (Å²) in [5, 5.41) is 0. The smallest absolute Gasteiger partial charge is 0.169 e. The molecule has 1 saturated carbocycles. The van der Waals surface area contributed by atoms with Crippen LogP contribution in [0.3, 0.4) is 0 Å². The third-order valence-electron chi connectivity index (χ3n) is 4.63. The maximum Gasteiger partial charge on any atom is 0.169 e. The van der Waals surface area contributed by atoms with E-state index < -0.39 is 0 Å². The lowest BCUT2D eigenvalue weighted by Gasteiger charge is -2.28. The molecule has 2 heterocycles. The molecule has 5 heteroatoms. The Hall–Kier alpha value is -2.01. The van der Waals surface area contributed by atoms with Gasteiger partial charge in [0.05, 0.1) is 7.11 Å². The zero-order chi connectivity index (χ0) is 15.8. The van der Waals surface area contributed by atoms with Gasteiger partial charge in [-0.15, -0.1) is 0 Å². The summed E-state index contributed by atoms with van der Waals surface area (Å²) in [4.78, 5) is 11.5. The van der Waals surface area contributed by atoms with Crippen LogP contribution in [0.15, 0.2) is 24.4 Å². The molecule has 0 N–H and O–H groups in total. The van der Waals surface area contributed by atoms with Gasteiger partial charge in [0.25, 0.3) is 0 Å². The van der Waals surface area contributed by atoms with Crippen LogP contribution >= 0.6 is 0 Å². The van der Waals surface area contributed by atoms with Gasteiger partial charge < -0.3 is 4.74 Å². The van der Waals surface area contributed by atoms with Crippen molar-refractivity contribution in [2.75, 3.05) is 13.7 Å². The molecule has 0 saturated heterocycles. The topological polar surface area (TPSA) is 38.2 Å². The first kappa shape index (κ1) is 14.6. The molecule has 120 valence electrons. The van der Waals surface area contributed by atoms with Gasteiger partial charge in [0.1, 0.15) is 5.82 Å². The van der Waals surface area contributed by atoms with Gasteiger partial charge in [-0.25, -0.2) is 14.4 Å². The van der Waals surface area contributed by atoms with Gasteiger partial charge in [-0.05, 0) is 18.9 Å². The first-order valence-corrected chi connectivity index (χ1v) is 8.13. The molecule has 0 radical (unpaired) electrons. The molecule has 23 heavy (non-hydrogen) atoms. The Bertz CT molecular complexity index is 730. The predicted molar refractivity (Wildman–Crippen MR) is 84.8 cm³/mol. The minimum Gasteiger partial charge on any atom is -0.494 e. The molecule has 4 rings (SSSR count). The molecule has 4 nitrogen and oxygen atoms in total. The highest BCUT2D eigenvalue weighted by Gasteiger charge is 2.28. The van der Waals surface area contributed by atoms with Gasteiger partial charge >= 0.3 is 0 Å². The van der Waals surface area contributed by atoms with E-state index in [4.69, 9.17) is 9.72 Å². The van der Waals surface area contributed by atoms with E-state index in [-0.39, 0.29) is 5.82 Å². The summed E-state index contributed by atoms with van der Waals surface area (Å²) < 4.78 is 19.4. The SMILES string of the molecule is COc1cccc(CN2CCc3nc(C4CC4)ncc3C2)c1F. The molecule has 1 aliphatic carbocycles. The van der Waals surface area contributed by atoms with Crippen molar-refractivity contribution in [3.8, 4) is 5.75 Å². The highest BCUT2D eigenvalue weighted by Crippen LogP contribution is 2.38. The average Bonchev–Trinajstić information content (AvgIpc) is 3.41. The van der Waals surface area contributed by atoms with Gasteiger partial charge in [-0.1, -0.05) is 12.1 Å². The highest BCUT2D eigenvalue weighted by atomic mass is 19.1. The quantitative estimate of drug-likeness (QED) is 0.869. The molecule has 0 amide bonds. The number of rotatable bonds is 4. The van der Waals surface area contributed by atoms with E-state index in [1.54, 1.807) is 6.07 Å². The molecule has 0 spiro atoms. The Morgan fingerprint density at radius 1 is 1.35 bits per heavy atom. The Morgan fingerprint density at radius 2 is 2.22 bits per heavy atom. The summed E-state index contributed by atoms with van der Waals surface area (Å²) >= 11 is 0. The van der Waals surface area contributed by atoms with Crippen molar-refractivity contribution in [3.05, 3.63) is 52.9 Å². The number of methoxy groups -OCH3 is 1. The van der Waals surface area contributed by atoms with Gasteiger partial charge in [-0.3, -0.25) is 4.90 Å². The van der Waals surface area contributed by atoms with Crippen LogP contribution < -0.4 is 4.74 Å². The summed E-state index contributed by atoms with van der Waals surface area (Å²) in [6.07, 6.45) is 5.31. The lowest BCUT2D eigenvalue weighted by Crippen LogP contribution is -2.31. The van der Waals surface area contributed by atoms with Crippen LogP contribution in [0.5, 0.6) is 5.75 Å². The minimum absolute atomic E-state index is 0.263. The van der Waals surface area contributed by atoms with E-state index in [1.165, 1.54) is 31.2 Å². The predicted octanol–water partition coefficient (Wildman–Crippen LogP) is 3.06. The second-order valence-corrected chi connectivity index (χ2v) is 6.37. The molecular weight excluding hydrogens is 293 g/mol. The molecule has 1 fully saturated rings. The van der Waals surface area contributed by atoms with E-state index in [0.29, 0.717) is 23.8 Å². The van der Waals surface area contributed by atoms with Crippen LogP contribution in [0, 0.1) is 5.82 Å². The van der Waals surface area contributed by atoms with Crippen molar-refractivity contribution in [1.82, 2.24) is 14.9 Å². The summed E-state index contributed by atoms with van der Waals surface area (Å²) in [6.45, 7) is 2.24. The van der Waals surface area contributed by atoms with Crippen molar-refractivity contribution in [3.63, 3.8) is 0 Å². The van der Waals surface area contributed by atoms with Crippen LogP contribution in [0.4, 0.5) is 4.39 Å². The number of benzene rings is 1. The van der Waals surface area contributed by atoms with Crippen LogP contribution in [-0.2, 0) is 19.5 Å². The molecule has 0 bridgehead atoms. The lowest BCUT2D eigenvalue weighted by atomic mass is 10.1. The number of fused-ring (bicyclic) bond motifs is 1. The zero-order valence-corrected chi connectivity index (χ0v) is 13.3. The van der Waals surface area contributed by atoms with Crippen LogP contribution in [-0.4, -0.2) is 28.5 Å². The molecule has 0 atom stereocenters. The summed E-state index contributed by atoms with van der Waals surface area (Å²) in [5.41, 5.74) is 3.01. The van der Waals surface area contributed by atoms with Crippen LogP contribution in [0.1, 0.15) is 41.4 Å². The van der Waals surface area contributed by atoms with Crippen molar-refractivity contribution in [2.45, 2.75) is 38.3 Å². The Labute approximate surface area is 135 Å².